The standard InChI is InChI=1S/C20H22BrNO3/c21-18-9-5-4-8-17(18)19(23)22-14-20(24,15-6-2-1-3-7-15)16-10-12-25-13-11-16/h1-9,16,24H,10-14H2,(H,22,23)/t20-/m0/s1. The second-order valence-electron chi connectivity index (χ2n) is 6.34. The van der Waals surface area contributed by atoms with Crippen molar-refractivity contribution in [2.24, 2.45) is 5.92 Å². The highest BCUT2D eigenvalue weighted by atomic mass is 79.9. The van der Waals surface area contributed by atoms with Crippen LogP contribution in [0.4, 0.5) is 0 Å². The number of ether oxygens (including phenoxy) is 1. The van der Waals surface area contributed by atoms with Crippen LogP contribution in [-0.2, 0) is 10.3 Å². The largest absolute Gasteiger partial charge is 0.383 e. The van der Waals surface area contributed by atoms with E-state index in [1.165, 1.54) is 0 Å². The number of carbonyl (C=O) groups excluding carboxylic acids is 1. The Hall–Kier alpha value is -1.69. The molecule has 2 aromatic carbocycles. The first-order valence-corrected chi connectivity index (χ1v) is 9.29. The van der Waals surface area contributed by atoms with Crippen molar-refractivity contribution in [1.29, 1.82) is 0 Å². The summed E-state index contributed by atoms with van der Waals surface area (Å²) in [7, 11) is 0. The van der Waals surface area contributed by atoms with Gasteiger partial charge in [-0.3, -0.25) is 4.79 Å². The molecule has 132 valence electrons. The summed E-state index contributed by atoms with van der Waals surface area (Å²) in [5.41, 5.74) is 0.279. The Kier molecular flexibility index (Phi) is 5.89. The molecule has 0 bridgehead atoms. The van der Waals surface area contributed by atoms with Crippen LogP contribution in [-0.4, -0.2) is 30.8 Å². The lowest BCUT2D eigenvalue weighted by atomic mass is 9.77. The average molecular weight is 404 g/mol. The second kappa shape index (κ2) is 8.13. The number of nitrogens with one attached hydrogen (secondary N) is 1. The lowest BCUT2D eigenvalue weighted by molar-refractivity contribution is -0.0680. The van der Waals surface area contributed by atoms with Crippen LogP contribution in [0, 0.1) is 5.92 Å². The van der Waals surface area contributed by atoms with Gasteiger partial charge in [0.15, 0.2) is 0 Å². The zero-order chi connectivity index (χ0) is 17.7. The molecular formula is C20H22BrNO3. The molecule has 0 aromatic heterocycles. The Morgan fingerprint density at radius 3 is 2.44 bits per heavy atom. The van der Waals surface area contributed by atoms with E-state index < -0.39 is 5.60 Å². The molecule has 0 saturated carbocycles. The zero-order valence-electron chi connectivity index (χ0n) is 14.0. The summed E-state index contributed by atoms with van der Waals surface area (Å²) in [4.78, 5) is 12.5. The van der Waals surface area contributed by atoms with Crippen molar-refractivity contribution in [3.63, 3.8) is 0 Å². The summed E-state index contributed by atoms with van der Waals surface area (Å²) in [5.74, 6) is -0.156. The molecule has 1 amide bonds. The quantitative estimate of drug-likeness (QED) is 0.802. The number of rotatable bonds is 5. The van der Waals surface area contributed by atoms with Crippen LogP contribution in [0.1, 0.15) is 28.8 Å². The van der Waals surface area contributed by atoms with E-state index in [4.69, 9.17) is 4.74 Å². The van der Waals surface area contributed by atoms with Crippen LogP contribution < -0.4 is 5.32 Å². The Labute approximate surface area is 156 Å². The monoisotopic (exact) mass is 403 g/mol. The average Bonchev–Trinajstić information content (AvgIpc) is 2.67. The maximum Gasteiger partial charge on any atom is 0.252 e. The number of benzene rings is 2. The van der Waals surface area contributed by atoms with Crippen LogP contribution in [0.3, 0.4) is 0 Å². The Bertz CT molecular complexity index is 716. The molecule has 3 rings (SSSR count). The fourth-order valence-electron chi connectivity index (χ4n) is 3.34. The molecular weight excluding hydrogens is 382 g/mol. The number of carbonyl (C=O) groups is 1. The third-order valence-electron chi connectivity index (χ3n) is 4.81. The van der Waals surface area contributed by atoms with Gasteiger partial charge in [-0.25, -0.2) is 0 Å². The summed E-state index contributed by atoms with van der Waals surface area (Å²) >= 11 is 3.40. The van der Waals surface area contributed by atoms with Gasteiger partial charge in [-0.2, -0.15) is 0 Å². The number of aliphatic hydroxyl groups is 1. The number of halogens is 1. The third kappa shape index (κ3) is 4.11. The minimum absolute atomic E-state index is 0.0446. The molecule has 0 radical (unpaired) electrons. The lowest BCUT2D eigenvalue weighted by Crippen LogP contribution is -2.47. The van der Waals surface area contributed by atoms with Gasteiger partial charge < -0.3 is 15.2 Å². The highest BCUT2D eigenvalue weighted by Gasteiger charge is 2.39. The van der Waals surface area contributed by atoms with E-state index in [1.54, 1.807) is 6.07 Å². The second-order valence-corrected chi connectivity index (χ2v) is 7.19. The lowest BCUT2D eigenvalue weighted by Gasteiger charge is -2.39. The summed E-state index contributed by atoms with van der Waals surface area (Å²) in [5, 5.41) is 14.4. The predicted octanol–water partition coefficient (Wildman–Crippen LogP) is 3.49. The minimum Gasteiger partial charge on any atom is -0.383 e. The first kappa shape index (κ1) is 18.1. The van der Waals surface area contributed by atoms with E-state index in [0.29, 0.717) is 18.8 Å². The van der Waals surface area contributed by atoms with Crippen molar-refractivity contribution in [3.05, 3.63) is 70.2 Å². The van der Waals surface area contributed by atoms with Crippen molar-refractivity contribution in [3.8, 4) is 0 Å². The maximum absolute atomic E-state index is 12.5. The smallest absolute Gasteiger partial charge is 0.252 e. The molecule has 0 unspecified atom stereocenters. The number of amides is 1. The fraction of sp³-hybridized carbons (Fsp3) is 0.350. The molecule has 1 aliphatic rings. The number of hydrogen-bond acceptors (Lipinski definition) is 3. The van der Waals surface area contributed by atoms with Gasteiger partial charge in [0.25, 0.3) is 5.91 Å². The maximum atomic E-state index is 12.5. The molecule has 1 saturated heterocycles. The Balaban J connectivity index is 1.80. The molecule has 4 nitrogen and oxygen atoms in total. The van der Waals surface area contributed by atoms with Crippen LogP contribution in [0.25, 0.3) is 0 Å². The van der Waals surface area contributed by atoms with Crippen LogP contribution >= 0.6 is 15.9 Å². The minimum atomic E-state index is -1.11. The molecule has 5 heteroatoms. The van der Waals surface area contributed by atoms with E-state index >= 15 is 0 Å². The third-order valence-corrected chi connectivity index (χ3v) is 5.50. The predicted molar refractivity (Wildman–Crippen MR) is 100 cm³/mol. The van der Waals surface area contributed by atoms with Crippen molar-refractivity contribution >= 4 is 21.8 Å². The van der Waals surface area contributed by atoms with Gasteiger partial charge in [0, 0.05) is 17.7 Å². The van der Waals surface area contributed by atoms with Crippen molar-refractivity contribution in [2.75, 3.05) is 19.8 Å². The van der Waals surface area contributed by atoms with E-state index in [2.05, 4.69) is 21.2 Å². The SMILES string of the molecule is O=C(NC[C@](O)(c1ccccc1)C1CCOCC1)c1ccccc1Br. The van der Waals surface area contributed by atoms with Gasteiger partial charge in [-0.15, -0.1) is 0 Å². The summed E-state index contributed by atoms with van der Waals surface area (Å²) < 4.78 is 6.17. The molecule has 0 aliphatic carbocycles. The molecule has 1 heterocycles. The van der Waals surface area contributed by atoms with Crippen LogP contribution in [0.2, 0.25) is 0 Å². The normalized spacial score (nSPS) is 17.7. The molecule has 0 spiro atoms. The van der Waals surface area contributed by atoms with E-state index in [0.717, 1.165) is 22.9 Å². The van der Waals surface area contributed by atoms with Crippen molar-refractivity contribution in [2.45, 2.75) is 18.4 Å². The highest BCUT2D eigenvalue weighted by Crippen LogP contribution is 2.35. The van der Waals surface area contributed by atoms with Gasteiger partial charge in [-0.05, 0) is 52.4 Å². The van der Waals surface area contributed by atoms with Crippen molar-refractivity contribution < 1.29 is 14.6 Å². The highest BCUT2D eigenvalue weighted by molar-refractivity contribution is 9.10. The first-order valence-electron chi connectivity index (χ1n) is 8.49. The van der Waals surface area contributed by atoms with Crippen LogP contribution in [0.15, 0.2) is 59.1 Å². The van der Waals surface area contributed by atoms with Gasteiger partial charge >= 0.3 is 0 Å². The van der Waals surface area contributed by atoms with Crippen LogP contribution in [0.5, 0.6) is 0 Å². The summed E-state index contributed by atoms with van der Waals surface area (Å²) in [6.45, 7) is 1.44. The number of hydrogen-bond donors (Lipinski definition) is 2. The summed E-state index contributed by atoms with van der Waals surface area (Å²) in [6, 6.07) is 16.9. The van der Waals surface area contributed by atoms with Gasteiger partial charge in [0.1, 0.15) is 5.60 Å². The molecule has 1 atom stereocenters. The van der Waals surface area contributed by atoms with E-state index in [-0.39, 0.29) is 18.4 Å². The van der Waals surface area contributed by atoms with Gasteiger partial charge in [0.2, 0.25) is 0 Å². The van der Waals surface area contributed by atoms with E-state index in [9.17, 15) is 9.90 Å². The van der Waals surface area contributed by atoms with E-state index in [1.807, 2.05) is 48.5 Å². The molecule has 1 aliphatic heterocycles. The summed E-state index contributed by atoms with van der Waals surface area (Å²) in [6.07, 6.45) is 1.55. The molecule has 1 fully saturated rings. The molecule has 2 aromatic rings. The Morgan fingerprint density at radius 2 is 1.76 bits per heavy atom. The Morgan fingerprint density at radius 1 is 1.12 bits per heavy atom. The van der Waals surface area contributed by atoms with Gasteiger partial charge in [-0.1, -0.05) is 42.5 Å². The topological polar surface area (TPSA) is 58.6 Å². The molecule has 2 N–H and O–H groups in total. The first-order chi connectivity index (χ1) is 12.1. The zero-order valence-corrected chi connectivity index (χ0v) is 15.5. The van der Waals surface area contributed by atoms with Gasteiger partial charge in [0.05, 0.1) is 12.1 Å². The van der Waals surface area contributed by atoms with Crippen molar-refractivity contribution in [1.82, 2.24) is 5.32 Å². The molecule has 25 heavy (non-hydrogen) atoms. The fourth-order valence-corrected chi connectivity index (χ4v) is 3.80.